The molecule has 5 nitrogen and oxygen atoms in total. The summed E-state index contributed by atoms with van der Waals surface area (Å²) < 4.78 is 0. The molecule has 1 unspecified atom stereocenters. The normalized spacial score (nSPS) is 11.6. The number of aryl methyl sites for hydroxylation is 2. The Balaban J connectivity index is 2.66. The number of carbonyl (C=O) groups excluding carboxylic acids is 2. The fraction of sp³-hybridized carbons (Fsp3) is 0.385. The molecule has 3 N–H and O–H groups in total. The summed E-state index contributed by atoms with van der Waals surface area (Å²) in [6.45, 7) is 5.69. The van der Waals surface area contributed by atoms with Crippen LogP contribution in [0.25, 0.3) is 0 Å². The lowest BCUT2D eigenvalue weighted by Gasteiger charge is -2.16. The molecule has 0 saturated heterocycles. The van der Waals surface area contributed by atoms with Gasteiger partial charge in [0.15, 0.2) is 0 Å². The number of nitrogens with one attached hydrogen (secondary N) is 3. The second-order valence-electron chi connectivity index (χ2n) is 4.25. The molecule has 0 aliphatic rings. The van der Waals surface area contributed by atoms with Gasteiger partial charge in [-0.15, -0.1) is 0 Å². The maximum atomic E-state index is 11.7. The van der Waals surface area contributed by atoms with E-state index in [-0.39, 0.29) is 5.91 Å². The Bertz CT molecular complexity index is 458. The molecule has 0 fully saturated rings. The summed E-state index contributed by atoms with van der Waals surface area (Å²) in [6.07, 6.45) is 0. The molecule has 1 aromatic rings. The number of hydrogen-bond acceptors (Lipinski definition) is 3. The minimum absolute atomic E-state index is 0.366. The molecule has 0 spiro atoms. The van der Waals surface area contributed by atoms with Gasteiger partial charge in [0, 0.05) is 12.7 Å². The lowest BCUT2D eigenvalue weighted by atomic mass is 10.1. The van der Waals surface area contributed by atoms with Crippen LogP contribution in [0.5, 0.6) is 0 Å². The molecule has 1 atom stereocenters. The molecule has 0 aliphatic carbocycles. The van der Waals surface area contributed by atoms with Crippen molar-refractivity contribution in [1.82, 2.24) is 10.6 Å². The first kappa shape index (κ1) is 14.0. The molecular weight excluding hydrogens is 230 g/mol. The third-order valence-electron chi connectivity index (χ3n) is 2.61. The first-order valence-corrected chi connectivity index (χ1v) is 5.80. The van der Waals surface area contributed by atoms with E-state index < -0.39 is 12.1 Å². The summed E-state index contributed by atoms with van der Waals surface area (Å²) in [5.41, 5.74) is 3.12. The van der Waals surface area contributed by atoms with E-state index in [1.165, 1.54) is 12.6 Å². The van der Waals surface area contributed by atoms with Crippen LogP contribution in [-0.4, -0.2) is 25.0 Å². The van der Waals surface area contributed by atoms with Gasteiger partial charge in [-0.25, -0.2) is 4.79 Å². The van der Waals surface area contributed by atoms with Crippen LogP contribution in [0, 0.1) is 13.8 Å². The summed E-state index contributed by atoms with van der Waals surface area (Å²) >= 11 is 0. The van der Waals surface area contributed by atoms with E-state index >= 15 is 0 Å². The highest BCUT2D eigenvalue weighted by atomic mass is 16.2. The van der Waals surface area contributed by atoms with Crippen molar-refractivity contribution in [2.75, 3.05) is 12.4 Å². The maximum absolute atomic E-state index is 11.7. The van der Waals surface area contributed by atoms with Crippen molar-refractivity contribution >= 4 is 17.6 Å². The number of urea groups is 1. The largest absolute Gasteiger partial charge is 0.374 e. The van der Waals surface area contributed by atoms with Crippen LogP contribution >= 0.6 is 0 Å². The van der Waals surface area contributed by atoms with E-state index in [9.17, 15) is 9.59 Å². The predicted octanol–water partition coefficient (Wildman–Crippen LogP) is 1.56. The highest BCUT2D eigenvalue weighted by Gasteiger charge is 2.15. The third-order valence-corrected chi connectivity index (χ3v) is 2.61. The van der Waals surface area contributed by atoms with Gasteiger partial charge in [-0.2, -0.15) is 0 Å². The van der Waals surface area contributed by atoms with Crippen LogP contribution < -0.4 is 16.0 Å². The van der Waals surface area contributed by atoms with E-state index in [4.69, 9.17) is 0 Å². The first-order chi connectivity index (χ1) is 8.43. The van der Waals surface area contributed by atoms with E-state index in [0.717, 1.165) is 11.3 Å². The molecule has 0 saturated carbocycles. The van der Waals surface area contributed by atoms with Crippen molar-refractivity contribution < 1.29 is 9.59 Å². The Labute approximate surface area is 107 Å². The van der Waals surface area contributed by atoms with Crippen molar-refractivity contribution in [3.05, 3.63) is 29.3 Å². The number of hydrogen-bond donors (Lipinski definition) is 3. The number of carbonyl (C=O) groups is 2. The Hall–Kier alpha value is -2.04. The smallest absolute Gasteiger partial charge is 0.321 e. The Morgan fingerprint density at radius 1 is 1.22 bits per heavy atom. The van der Waals surface area contributed by atoms with Gasteiger partial charge in [0.2, 0.25) is 5.91 Å². The van der Waals surface area contributed by atoms with E-state index in [1.54, 1.807) is 6.92 Å². The number of amides is 3. The molecule has 0 aromatic heterocycles. The third kappa shape index (κ3) is 3.76. The van der Waals surface area contributed by atoms with Gasteiger partial charge in [-0.1, -0.05) is 17.7 Å². The van der Waals surface area contributed by atoms with Gasteiger partial charge in [0.05, 0.1) is 0 Å². The zero-order valence-electron chi connectivity index (χ0n) is 11.1. The topological polar surface area (TPSA) is 70.2 Å². The molecule has 18 heavy (non-hydrogen) atoms. The second-order valence-corrected chi connectivity index (χ2v) is 4.25. The highest BCUT2D eigenvalue weighted by molar-refractivity contribution is 5.97. The van der Waals surface area contributed by atoms with Gasteiger partial charge in [-0.05, 0) is 32.4 Å². The van der Waals surface area contributed by atoms with Crippen LogP contribution in [0.3, 0.4) is 0 Å². The SMILES string of the molecule is CNC(=O)NC(=O)C(C)Nc1ccc(C)cc1C. The van der Waals surface area contributed by atoms with Crippen molar-refractivity contribution in [3.8, 4) is 0 Å². The summed E-state index contributed by atoms with van der Waals surface area (Å²) in [5, 5.41) is 7.64. The molecular formula is C13H19N3O2. The molecule has 3 amide bonds. The molecule has 5 heteroatoms. The molecule has 98 valence electrons. The van der Waals surface area contributed by atoms with E-state index in [1.807, 2.05) is 32.0 Å². The fourth-order valence-electron chi connectivity index (χ4n) is 1.56. The summed E-state index contributed by atoms with van der Waals surface area (Å²) in [6, 6.07) is 4.94. The summed E-state index contributed by atoms with van der Waals surface area (Å²) in [4.78, 5) is 22.7. The number of anilines is 1. The van der Waals surface area contributed by atoms with Gasteiger partial charge in [0.1, 0.15) is 6.04 Å². The van der Waals surface area contributed by atoms with Crippen molar-refractivity contribution in [3.63, 3.8) is 0 Å². The van der Waals surface area contributed by atoms with E-state index in [2.05, 4.69) is 16.0 Å². The monoisotopic (exact) mass is 249 g/mol. The van der Waals surface area contributed by atoms with Crippen LogP contribution in [-0.2, 0) is 4.79 Å². The van der Waals surface area contributed by atoms with Crippen molar-refractivity contribution in [1.29, 1.82) is 0 Å². The van der Waals surface area contributed by atoms with Gasteiger partial charge >= 0.3 is 6.03 Å². The molecule has 0 bridgehead atoms. The average molecular weight is 249 g/mol. The Morgan fingerprint density at radius 2 is 1.89 bits per heavy atom. The minimum Gasteiger partial charge on any atom is -0.374 e. The van der Waals surface area contributed by atoms with Crippen LogP contribution in [0.15, 0.2) is 18.2 Å². The van der Waals surface area contributed by atoms with Gasteiger partial charge in [-0.3, -0.25) is 10.1 Å². The lowest BCUT2D eigenvalue weighted by Crippen LogP contribution is -2.44. The molecule has 0 radical (unpaired) electrons. The number of imide groups is 1. The van der Waals surface area contributed by atoms with Crippen molar-refractivity contribution in [2.24, 2.45) is 0 Å². The lowest BCUT2D eigenvalue weighted by molar-refractivity contribution is -0.120. The fourth-order valence-corrected chi connectivity index (χ4v) is 1.56. The highest BCUT2D eigenvalue weighted by Crippen LogP contribution is 2.16. The number of rotatable bonds is 3. The standard InChI is InChI=1S/C13H19N3O2/c1-8-5-6-11(9(2)7-8)15-10(3)12(17)16-13(18)14-4/h5-7,10,15H,1-4H3,(H2,14,16,17,18). The van der Waals surface area contributed by atoms with Gasteiger partial charge < -0.3 is 10.6 Å². The Kier molecular flexibility index (Phi) is 4.71. The molecule has 0 heterocycles. The molecule has 0 aliphatic heterocycles. The quantitative estimate of drug-likeness (QED) is 0.761. The van der Waals surface area contributed by atoms with Crippen molar-refractivity contribution in [2.45, 2.75) is 26.8 Å². The summed E-state index contributed by atoms with van der Waals surface area (Å²) in [7, 11) is 1.46. The summed E-state index contributed by atoms with van der Waals surface area (Å²) in [5.74, 6) is -0.366. The predicted molar refractivity (Wildman–Crippen MR) is 71.6 cm³/mol. The van der Waals surface area contributed by atoms with Crippen LogP contribution in [0.2, 0.25) is 0 Å². The average Bonchev–Trinajstić information content (AvgIpc) is 2.32. The maximum Gasteiger partial charge on any atom is 0.321 e. The molecule has 1 rings (SSSR count). The molecule has 1 aromatic carbocycles. The second kappa shape index (κ2) is 6.05. The zero-order chi connectivity index (χ0) is 13.7. The van der Waals surface area contributed by atoms with E-state index in [0.29, 0.717) is 0 Å². The zero-order valence-corrected chi connectivity index (χ0v) is 11.1. The van der Waals surface area contributed by atoms with Crippen LogP contribution in [0.1, 0.15) is 18.1 Å². The minimum atomic E-state index is -0.505. The Morgan fingerprint density at radius 3 is 2.44 bits per heavy atom. The first-order valence-electron chi connectivity index (χ1n) is 5.80. The number of benzene rings is 1. The van der Waals surface area contributed by atoms with Gasteiger partial charge in [0.25, 0.3) is 0 Å². The van der Waals surface area contributed by atoms with Crippen LogP contribution in [0.4, 0.5) is 10.5 Å².